The van der Waals surface area contributed by atoms with Crippen molar-refractivity contribution >= 4 is 5.71 Å². The standard InChI is InChI=1S/C18H22N4O/c1-21-9-3-6-16(21)13-22-10-4-7-18(14-22)11-17(20-23-18)15-5-2-8-19-12-15/h2-3,5-6,8-9,12H,4,7,10-11,13-14H2,1H3. The first-order chi connectivity index (χ1) is 11.2. The van der Waals surface area contributed by atoms with Gasteiger partial charge >= 0.3 is 0 Å². The molecule has 5 nitrogen and oxygen atoms in total. The van der Waals surface area contributed by atoms with Crippen molar-refractivity contribution in [3.8, 4) is 0 Å². The number of rotatable bonds is 3. The molecule has 2 aromatic rings. The van der Waals surface area contributed by atoms with Gasteiger partial charge in [-0.2, -0.15) is 0 Å². The van der Waals surface area contributed by atoms with Gasteiger partial charge in [-0.05, 0) is 43.7 Å². The van der Waals surface area contributed by atoms with Gasteiger partial charge in [-0.15, -0.1) is 0 Å². The van der Waals surface area contributed by atoms with E-state index in [1.165, 1.54) is 5.69 Å². The third-order valence-electron chi connectivity index (χ3n) is 4.89. The van der Waals surface area contributed by atoms with E-state index in [4.69, 9.17) is 4.84 Å². The summed E-state index contributed by atoms with van der Waals surface area (Å²) < 4.78 is 2.19. The second-order valence-electron chi connectivity index (χ2n) is 6.66. The lowest BCUT2D eigenvalue weighted by Crippen LogP contribution is -2.48. The summed E-state index contributed by atoms with van der Waals surface area (Å²) in [6.07, 6.45) is 8.86. The first-order valence-corrected chi connectivity index (χ1v) is 8.22. The van der Waals surface area contributed by atoms with Crippen molar-refractivity contribution in [2.45, 2.75) is 31.4 Å². The van der Waals surface area contributed by atoms with Crippen LogP contribution in [0.25, 0.3) is 0 Å². The van der Waals surface area contributed by atoms with Crippen LogP contribution in [0.2, 0.25) is 0 Å². The number of hydrogen-bond donors (Lipinski definition) is 0. The second-order valence-corrected chi connectivity index (χ2v) is 6.66. The van der Waals surface area contributed by atoms with Gasteiger partial charge in [0.15, 0.2) is 5.60 Å². The van der Waals surface area contributed by atoms with E-state index < -0.39 is 0 Å². The molecule has 2 aromatic heterocycles. The molecule has 4 heterocycles. The van der Waals surface area contributed by atoms with Crippen molar-refractivity contribution in [3.63, 3.8) is 0 Å². The van der Waals surface area contributed by atoms with Gasteiger partial charge in [0.05, 0.1) is 5.71 Å². The Bertz CT molecular complexity index is 709. The van der Waals surface area contributed by atoms with Crippen LogP contribution < -0.4 is 0 Å². The molecule has 0 N–H and O–H groups in total. The fourth-order valence-corrected chi connectivity index (χ4v) is 3.64. The van der Waals surface area contributed by atoms with Gasteiger partial charge in [0.25, 0.3) is 0 Å². The molecule has 1 spiro atoms. The Morgan fingerprint density at radius 1 is 1.30 bits per heavy atom. The van der Waals surface area contributed by atoms with E-state index in [-0.39, 0.29) is 5.60 Å². The highest BCUT2D eigenvalue weighted by atomic mass is 16.7. The molecular weight excluding hydrogens is 288 g/mol. The first kappa shape index (κ1) is 14.5. The van der Waals surface area contributed by atoms with Gasteiger partial charge < -0.3 is 9.40 Å². The van der Waals surface area contributed by atoms with Crippen molar-refractivity contribution in [1.82, 2.24) is 14.5 Å². The Balaban J connectivity index is 1.45. The molecule has 2 aliphatic rings. The van der Waals surface area contributed by atoms with Crippen LogP contribution >= 0.6 is 0 Å². The number of aromatic nitrogens is 2. The van der Waals surface area contributed by atoms with Crippen LogP contribution in [0, 0.1) is 0 Å². The van der Waals surface area contributed by atoms with Crippen LogP contribution in [0.4, 0.5) is 0 Å². The Morgan fingerprint density at radius 3 is 3.04 bits per heavy atom. The summed E-state index contributed by atoms with van der Waals surface area (Å²) in [5.74, 6) is 0. The molecule has 120 valence electrons. The number of likely N-dealkylation sites (tertiary alicyclic amines) is 1. The lowest BCUT2D eigenvalue weighted by Gasteiger charge is -2.38. The highest BCUT2D eigenvalue weighted by Crippen LogP contribution is 2.35. The number of aryl methyl sites for hydroxylation is 1. The predicted molar refractivity (Wildman–Crippen MR) is 89.1 cm³/mol. The molecule has 1 atom stereocenters. The van der Waals surface area contributed by atoms with Gasteiger partial charge in [-0.1, -0.05) is 5.16 Å². The number of hydrogen-bond acceptors (Lipinski definition) is 4. The van der Waals surface area contributed by atoms with Crippen molar-refractivity contribution in [2.75, 3.05) is 13.1 Å². The van der Waals surface area contributed by atoms with Crippen LogP contribution in [0.1, 0.15) is 30.5 Å². The van der Waals surface area contributed by atoms with Gasteiger partial charge in [0, 0.05) is 56.4 Å². The van der Waals surface area contributed by atoms with Crippen LogP contribution in [-0.4, -0.2) is 38.9 Å². The van der Waals surface area contributed by atoms with Crippen molar-refractivity contribution in [1.29, 1.82) is 0 Å². The van der Waals surface area contributed by atoms with E-state index in [9.17, 15) is 0 Å². The maximum atomic E-state index is 5.94. The monoisotopic (exact) mass is 310 g/mol. The number of pyridine rings is 1. The molecule has 5 heteroatoms. The van der Waals surface area contributed by atoms with E-state index in [1.54, 1.807) is 6.20 Å². The van der Waals surface area contributed by atoms with Crippen LogP contribution in [0.5, 0.6) is 0 Å². The van der Waals surface area contributed by atoms with Crippen molar-refractivity contribution in [3.05, 3.63) is 54.1 Å². The minimum atomic E-state index is -0.158. The van der Waals surface area contributed by atoms with Gasteiger partial charge in [0.1, 0.15) is 0 Å². The minimum Gasteiger partial charge on any atom is -0.387 e. The van der Waals surface area contributed by atoms with Crippen LogP contribution in [0.3, 0.4) is 0 Å². The summed E-state index contributed by atoms with van der Waals surface area (Å²) >= 11 is 0. The number of nitrogens with zero attached hydrogens (tertiary/aromatic N) is 4. The van der Waals surface area contributed by atoms with Crippen LogP contribution in [0.15, 0.2) is 48.0 Å². The maximum absolute atomic E-state index is 5.94. The molecule has 0 saturated carbocycles. The summed E-state index contributed by atoms with van der Waals surface area (Å²) in [5.41, 5.74) is 3.28. The predicted octanol–water partition coefficient (Wildman–Crippen LogP) is 2.58. The molecule has 4 rings (SSSR count). The summed E-state index contributed by atoms with van der Waals surface area (Å²) in [5, 5.41) is 4.38. The van der Waals surface area contributed by atoms with Crippen LogP contribution in [-0.2, 0) is 18.4 Å². The highest BCUT2D eigenvalue weighted by Gasteiger charge is 2.43. The molecule has 1 saturated heterocycles. The molecule has 0 amide bonds. The van der Waals surface area contributed by atoms with E-state index in [1.807, 2.05) is 12.3 Å². The topological polar surface area (TPSA) is 42.7 Å². The Labute approximate surface area is 136 Å². The molecule has 1 unspecified atom stereocenters. The Morgan fingerprint density at radius 2 is 2.26 bits per heavy atom. The summed E-state index contributed by atoms with van der Waals surface area (Å²) in [6, 6.07) is 8.29. The lowest BCUT2D eigenvalue weighted by atomic mass is 9.87. The molecule has 0 radical (unpaired) electrons. The third kappa shape index (κ3) is 2.88. The smallest absolute Gasteiger partial charge is 0.156 e. The molecule has 23 heavy (non-hydrogen) atoms. The number of oxime groups is 1. The van der Waals surface area contributed by atoms with Gasteiger partial charge in [0.2, 0.25) is 0 Å². The third-order valence-corrected chi connectivity index (χ3v) is 4.89. The van der Waals surface area contributed by atoms with Crippen molar-refractivity contribution in [2.24, 2.45) is 12.2 Å². The average molecular weight is 310 g/mol. The normalized spacial score (nSPS) is 24.7. The van der Waals surface area contributed by atoms with E-state index >= 15 is 0 Å². The molecule has 2 aliphatic heterocycles. The molecule has 0 aromatic carbocycles. The second kappa shape index (κ2) is 5.81. The molecular formula is C18H22N4O. The summed E-state index contributed by atoms with van der Waals surface area (Å²) in [4.78, 5) is 12.6. The summed E-state index contributed by atoms with van der Waals surface area (Å²) in [7, 11) is 2.10. The molecule has 0 aliphatic carbocycles. The van der Waals surface area contributed by atoms with Gasteiger partial charge in [-0.25, -0.2) is 0 Å². The summed E-state index contributed by atoms with van der Waals surface area (Å²) in [6.45, 7) is 3.03. The highest BCUT2D eigenvalue weighted by molar-refractivity contribution is 6.01. The Hall–Kier alpha value is -2.14. The molecule has 1 fully saturated rings. The molecule has 0 bridgehead atoms. The zero-order valence-electron chi connectivity index (χ0n) is 13.5. The fraction of sp³-hybridized carbons (Fsp3) is 0.444. The zero-order valence-corrected chi connectivity index (χ0v) is 13.5. The zero-order chi connectivity index (χ0) is 15.7. The minimum absolute atomic E-state index is 0.158. The first-order valence-electron chi connectivity index (χ1n) is 8.22. The van der Waals surface area contributed by atoms with Crippen molar-refractivity contribution < 1.29 is 4.84 Å². The quantitative estimate of drug-likeness (QED) is 0.875. The fourth-order valence-electron chi connectivity index (χ4n) is 3.64. The number of piperidine rings is 1. The lowest BCUT2D eigenvalue weighted by molar-refractivity contribution is -0.0707. The maximum Gasteiger partial charge on any atom is 0.156 e. The van der Waals surface area contributed by atoms with E-state index in [0.717, 1.165) is 50.2 Å². The largest absolute Gasteiger partial charge is 0.387 e. The van der Waals surface area contributed by atoms with E-state index in [2.05, 4.69) is 51.1 Å². The van der Waals surface area contributed by atoms with E-state index in [0.29, 0.717) is 0 Å². The average Bonchev–Trinajstić information content (AvgIpc) is 3.16. The SMILES string of the molecule is Cn1cccc1CN1CCCC2(CC(c3cccnc3)=NO2)C1. The van der Waals surface area contributed by atoms with Gasteiger partial charge in [-0.3, -0.25) is 9.88 Å². The Kier molecular flexibility index (Phi) is 3.65.